The standard InChI is InChI=1S/C12H13N3O/c1-14-12(16)7-10-4-2-8-6-9(13)3-5-11(8)15-10/h2-6H,7,13H2,1H3,(H,14,16). The number of anilines is 1. The van der Waals surface area contributed by atoms with Gasteiger partial charge in [-0.3, -0.25) is 9.78 Å². The number of nitrogens with one attached hydrogen (secondary N) is 1. The molecule has 0 fully saturated rings. The van der Waals surface area contributed by atoms with E-state index in [0.29, 0.717) is 12.1 Å². The van der Waals surface area contributed by atoms with E-state index >= 15 is 0 Å². The Morgan fingerprint density at radius 3 is 2.94 bits per heavy atom. The predicted molar refractivity (Wildman–Crippen MR) is 63.9 cm³/mol. The zero-order valence-corrected chi connectivity index (χ0v) is 9.03. The van der Waals surface area contributed by atoms with Crippen molar-refractivity contribution >= 4 is 22.5 Å². The molecule has 0 atom stereocenters. The van der Waals surface area contributed by atoms with Crippen LogP contribution in [0.5, 0.6) is 0 Å². The number of carbonyl (C=O) groups excluding carboxylic acids is 1. The molecule has 0 aliphatic carbocycles. The van der Waals surface area contributed by atoms with Crippen molar-refractivity contribution in [2.24, 2.45) is 0 Å². The first-order chi connectivity index (χ1) is 7.69. The number of rotatable bonds is 2. The molecule has 82 valence electrons. The predicted octanol–water partition coefficient (Wildman–Crippen LogP) is 1.11. The Hall–Kier alpha value is -2.10. The van der Waals surface area contributed by atoms with Gasteiger partial charge in [0.25, 0.3) is 0 Å². The van der Waals surface area contributed by atoms with E-state index in [-0.39, 0.29) is 5.91 Å². The molecular weight excluding hydrogens is 202 g/mol. The van der Waals surface area contributed by atoms with Gasteiger partial charge in [-0.2, -0.15) is 0 Å². The van der Waals surface area contributed by atoms with E-state index < -0.39 is 0 Å². The number of fused-ring (bicyclic) bond motifs is 1. The van der Waals surface area contributed by atoms with Crippen molar-refractivity contribution in [3.63, 3.8) is 0 Å². The van der Waals surface area contributed by atoms with Gasteiger partial charge in [-0.25, -0.2) is 0 Å². The van der Waals surface area contributed by atoms with Gasteiger partial charge in [0.2, 0.25) is 5.91 Å². The smallest absolute Gasteiger partial charge is 0.225 e. The van der Waals surface area contributed by atoms with Crippen LogP contribution in [0.2, 0.25) is 0 Å². The minimum atomic E-state index is -0.0395. The molecule has 0 aliphatic rings. The molecule has 16 heavy (non-hydrogen) atoms. The third kappa shape index (κ3) is 2.11. The summed E-state index contributed by atoms with van der Waals surface area (Å²) in [7, 11) is 1.62. The Bertz CT molecular complexity index is 537. The number of hydrogen-bond acceptors (Lipinski definition) is 3. The highest BCUT2D eigenvalue weighted by atomic mass is 16.1. The minimum absolute atomic E-state index is 0.0395. The van der Waals surface area contributed by atoms with Gasteiger partial charge in [0.05, 0.1) is 17.6 Å². The van der Waals surface area contributed by atoms with Crippen molar-refractivity contribution < 1.29 is 4.79 Å². The molecule has 4 nitrogen and oxygen atoms in total. The second-order valence-electron chi connectivity index (χ2n) is 3.60. The fourth-order valence-electron chi connectivity index (χ4n) is 1.54. The van der Waals surface area contributed by atoms with E-state index in [2.05, 4.69) is 10.3 Å². The summed E-state index contributed by atoms with van der Waals surface area (Å²) in [6, 6.07) is 9.30. The van der Waals surface area contributed by atoms with Crippen LogP contribution in [0.25, 0.3) is 10.9 Å². The van der Waals surface area contributed by atoms with Gasteiger partial charge in [-0.15, -0.1) is 0 Å². The van der Waals surface area contributed by atoms with E-state index in [4.69, 9.17) is 5.73 Å². The third-order valence-electron chi connectivity index (χ3n) is 2.39. The molecule has 1 aromatic heterocycles. The number of likely N-dealkylation sites (N-methyl/N-ethyl adjacent to an activating group) is 1. The van der Waals surface area contributed by atoms with Gasteiger partial charge in [0, 0.05) is 18.1 Å². The Morgan fingerprint density at radius 1 is 1.38 bits per heavy atom. The summed E-state index contributed by atoms with van der Waals surface area (Å²) in [5.41, 5.74) is 8.01. The zero-order chi connectivity index (χ0) is 11.5. The van der Waals surface area contributed by atoms with E-state index in [1.807, 2.05) is 24.3 Å². The van der Waals surface area contributed by atoms with Crippen molar-refractivity contribution in [3.8, 4) is 0 Å². The number of pyridine rings is 1. The summed E-state index contributed by atoms with van der Waals surface area (Å²) >= 11 is 0. The first-order valence-electron chi connectivity index (χ1n) is 5.05. The average Bonchev–Trinajstić information content (AvgIpc) is 2.29. The van der Waals surface area contributed by atoms with Crippen LogP contribution < -0.4 is 11.1 Å². The van der Waals surface area contributed by atoms with Gasteiger partial charge in [-0.1, -0.05) is 6.07 Å². The van der Waals surface area contributed by atoms with Crippen LogP contribution in [0.3, 0.4) is 0 Å². The molecule has 0 radical (unpaired) electrons. The maximum Gasteiger partial charge on any atom is 0.225 e. The van der Waals surface area contributed by atoms with Crippen LogP contribution in [-0.4, -0.2) is 17.9 Å². The summed E-state index contributed by atoms with van der Waals surface area (Å²) in [6.07, 6.45) is 0.302. The molecule has 2 aromatic rings. The lowest BCUT2D eigenvalue weighted by Crippen LogP contribution is -2.20. The van der Waals surface area contributed by atoms with Crippen molar-refractivity contribution in [2.45, 2.75) is 6.42 Å². The van der Waals surface area contributed by atoms with Crippen LogP contribution in [0.1, 0.15) is 5.69 Å². The topological polar surface area (TPSA) is 68.0 Å². The molecule has 0 unspecified atom stereocenters. The molecule has 3 N–H and O–H groups in total. The van der Waals surface area contributed by atoms with Crippen LogP contribution in [0.4, 0.5) is 5.69 Å². The number of nitrogen functional groups attached to an aromatic ring is 1. The van der Waals surface area contributed by atoms with Crippen molar-refractivity contribution in [3.05, 3.63) is 36.0 Å². The Labute approximate surface area is 93.5 Å². The first-order valence-corrected chi connectivity index (χ1v) is 5.05. The summed E-state index contributed by atoms with van der Waals surface area (Å²) in [5, 5.41) is 3.56. The number of hydrogen-bond donors (Lipinski definition) is 2. The maximum atomic E-state index is 11.2. The fourth-order valence-corrected chi connectivity index (χ4v) is 1.54. The average molecular weight is 215 g/mol. The van der Waals surface area contributed by atoms with Gasteiger partial charge in [0.1, 0.15) is 0 Å². The quantitative estimate of drug-likeness (QED) is 0.737. The van der Waals surface area contributed by atoms with Gasteiger partial charge in [-0.05, 0) is 24.3 Å². The molecule has 1 heterocycles. The molecule has 0 aliphatic heterocycles. The largest absolute Gasteiger partial charge is 0.399 e. The highest BCUT2D eigenvalue weighted by Gasteiger charge is 2.03. The Morgan fingerprint density at radius 2 is 2.19 bits per heavy atom. The van der Waals surface area contributed by atoms with Crippen LogP contribution in [0.15, 0.2) is 30.3 Å². The van der Waals surface area contributed by atoms with Crippen molar-refractivity contribution in [1.29, 1.82) is 0 Å². The van der Waals surface area contributed by atoms with Crippen molar-refractivity contribution in [2.75, 3.05) is 12.8 Å². The third-order valence-corrected chi connectivity index (χ3v) is 2.39. The SMILES string of the molecule is CNC(=O)Cc1ccc2cc(N)ccc2n1. The number of benzene rings is 1. The molecular formula is C12H13N3O. The molecule has 1 aromatic carbocycles. The van der Waals surface area contributed by atoms with Crippen LogP contribution in [-0.2, 0) is 11.2 Å². The second-order valence-corrected chi connectivity index (χ2v) is 3.60. The summed E-state index contributed by atoms with van der Waals surface area (Å²) < 4.78 is 0. The summed E-state index contributed by atoms with van der Waals surface area (Å²) in [5.74, 6) is -0.0395. The molecule has 2 rings (SSSR count). The summed E-state index contributed by atoms with van der Waals surface area (Å²) in [6.45, 7) is 0. The normalized spacial score (nSPS) is 10.3. The van der Waals surface area contributed by atoms with E-state index in [0.717, 1.165) is 16.6 Å². The van der Waals surface area contributed by atoms with E-state index in [9.17, 15) is 4.79 Å². The summed E-state index contributed by atoms with van der Waals surface area (Å²) in [4.78, 5) is 15.6. The molecule has 0 saturated heterocycles. The van der Waals surface area contributed by atoms with E-state index in [1.165, 1.54) is 0 Å². The molecule has 0 bridgehead atoms. The Kier molecular flexibility index (Phi) is 2.72. The number of carbonyl (C=O) groups is 1. The molecule has 0 spiro atoms. The lowest BCUT2D eigenvalue weighted by Gasteiger charge is -2.03. The van der Waals surface area contributed by atoms with Gasteiger partial charge >= 0.3 is 0 Å². The number of nitrogens with two attached hydrogens (primary N) is 1. The van der Waals surface area contributed by atoms with Gasteiger partial charge < -0.3 is 11.1 Å². The first kappa shape index (κ1) is 10.4. The fraction of sp³-hybridized carbons (Fsp3) is 0.167. The van der Waals surface area contributed by atoms with Crippen LogP contribution in [0, 0.1) is 0 Å². The lowest BCUT2D eigenvalue weighted by atomic mass is 10.1. The number of nitrogens with zero attached hydrogens (tertiary/aromatic N) is 1. The molecule has 0 saturated carbocycles. The number of aromatic nitrogens is 1. The second kappa shape index (κ2) is 4.18. The lowest BCUT2D eigenvalue weighted by molar-refractivity contribution is -0.120. The zero-order valence-electron chi connectivity index (χ0n) is 9.03. The molecule has 1 amide bonds. The van der Waals surface area contributed by atoms with Crippen LogP contribution >= 0.6 is 0 Å². The molecule has 4 heteroatoms. The maximum absolute atomic E-state index is 11.2. The highest BCUT2D eigenvalue weighted by molar-refractivity contribution is 5.83. The van der Waals surface area contributed by atoms with Gasteiger partial charge in [0.15, 0.2) is 0 Å². The Balaban J connectivity index is 2.37. The highest BCUT2D eigenvalue weighted by Crippen LogP contribution is 2.16. The number of amides is 1. The van der Waals surface area contributed by atoms with Crippen molar-refractivity contribution in [1.82, 2.24) is 10.3 Å². The monoisotopic (exact) mass is 215 g/mol. The van der Waals surface area contributed by atoms with E-state index in [1.54, 1.807) is 13.1 Å². The minimum Gasteiger partial charge on any atom is -0.399 e.